The molecule has 0 radical (unpaired) electrons. The molecule has 1 aromatic heterocycles. The first-order valence-electron chi connectivity index (χ1n) is 7.71. The molecular formula is C15H18N4O4S2. The number of nitrogens with one attached hydrogen (secondary N) is 1. The number of thioether (sulfide) groups is 1. The van der Waals surface area contributed by atoms with E-state index < -0.39 is 10.0 Å². The van der Waals surface area contributed by atoms with Crippen LogP contribution in [-0.2, 0) is 14.8 Å². The number of nitrogens with zero attached hydrogens (tertiary/aromatic N) is 2. The molecule has 0 saturated heterocycles. The van der Waals surface area contributed by atoms with Gasteiger partial charge in [0.2, 0.25) is 21.8 Å². The van der Waals surface area contributed by atoms with E-state index in [1.807, 2.05) is 6.92 Å². The maximum atomic E-state index is 12.0. The molecule has 1 aliphatic rings. The molecule has 25 heavy (non-hydrogen) atoms. The number of amides is 1. The Balaban J connectivity index is 1.51. The molecule has 8 nitrogen and oxygen atoms in total. The van der Waals surface area contributed by atoms with Gasteiger partial charge in [0.1, 0.15) is 0 Å². The first-order valence-corrected chi connectivity index (χ1v) is 10.2. The fraction of sp³-hybridized carbons (Fsp3) is 0.400. The highest BCUT2D eigenvalue weighted by Crippen LogP contribution is 2.39. The van der Waals surface area contributed by atoms with E-state index in [0.29, 0.717) is 17.0 Å². The highest BCUT2D eigenvalue weighted by molar-refractivity contribution is 7.99. The molecule has 10 heteroatoms. The third-order valence-corrected chi connectivity index (χ3v) is 5.51. The van der Waals surface area contributed by atoms with Gasteiger partial charge in [-0.2, -0.15) is 0 Å². The molecule has 2 aromatic rings. The Bertz CT molecular complexity index is 860. The van der Waals surface area contributed by atoms with Gasteiger partial charge in [-0.1, -0.05) is 23.9 Å². The summed E-state index contributed by atoms with van der Waals surface area (Å²) < 4.78 is 28.0. The van der Waals surface area contributed by atoms with Crippen molar-refractivity contribution in [1.29, 1.82) is 0 Å². The number of carbonyl (C=O) groups excluding carboxylic acids is 1. The summed E-state index contributed by atoms with van der Waals surface area (Å²) >= 11 is 1.19. The quantitative estimate of drug-likeness (QED) is 0.695. The lowest BCUT2D eigenvalue weighted by molar-refractivity contribution is -0.119. The fourth-order valence-corrected chi connectivity index (χ4v) is 3.31. The van der Waals surface area contributed by atoms with Gasteiger partial charge in [0.05, 0.1) is 16.7 Å². The van der Waals surface area contributed by atoms with Gasteiger partial charge in [-0.05, 0) is 37.5 Å². The maximum Gasteiger partial charge on any atom is 0.277 e. The van der Waals surface area contributed by atoms with Crippen LogP contribution in [0, 0.1) is 0 Å². The average molecular weight is 382 g/mol. The van der Waals surface area contributed by atoms with Crippen LogP contribution in [-0.4, -0.2) is 30.3 Å². The van der Waals surface area contributed by atoms with Crippen molar-refractivity contribution in [1.82, 2.24) is 15.5 Å². The predicted molar refractivity (Wildman–Crippen MR) is 91.4 cm³/mol. The third-order valence-electron chi connectivity index (χ3n) is 3.76. The van der Waals surface area contributed by atoms with Gasteiger partial charge in [-0.3, -0.25) is 4.79 Å². The Hall–Kier alpha value is -1.91. The number of nitrogens with two attached hydrogens (primary N) is 1. The number of carbonyl (C=O) groups is 1. The number of benzene rings is 1. The minimum absolute atomic E-state index is 0.0354. The highest BCUT2D eigenvalue weighted by Gasteiger charge is 2.29. The van der Waals surface area contributed by atoms with Crippen LogP contribution < -0.4 is 10.5 Å². The van der Waals surface area contributed by atoms with Crippen molar-refractivity contribution < 1.29 is 17.6 Å². The van der Waals surface area contributed by atoms with E-state index >= 15 is 0 Å². The van der Waals surface area contributed by atoms with Crippen molar-refractivity contribution in [3.63, 3.8) is 0 Å². The van der Waals surface area contributed by atoms with E-state index in [0.717, 1.165) is 18.4 Å². The van der Waals surface area contributed by atoms with Crippen molar-refractivity contribution in [2.45, 2.75) is 41.8 Å². The molecular weight excluding hydrogens is 364 g/mol. The van der Waals surface area contributed by atoms with E-state index in [1.165, 1.54) is 23.9 Å². The average Bonchev–Trinajstić information content (AvgIpc) is 3.31. The van der Waals surface area contributed by atoms with E-state index in [4.69, 9.17) is 9.56 Å². The second kappa shape index (κ2) is 7.14. The molecule has 1 fully saturated rings. The van der Waals surface area contributed by atoms with E-state index in [9.17, 15) is 13.2 Å². The summed E-state index contributed by atoms with van der Waals surface area (Å²) in [6, 6.07) is 5.81. The number of primary sulfonamides is 1. The van der Waals surface area contributed by atoms with Gasteiger partial charge in [0, 0.05) is 5.92 Å². The topological polar surface area (TPSA) is 128 Å². The summed E-state index contributed by atoms with van der Waals surface area (Å²) in [5.74, 6) is 1.01. The van der Waals surface area contributed by atoms with Gasteiger partial charge in [0.25, 0.3) is 5.22 Å². The van der Waals surface area contributed by atoms with Crippen LogP contribution in [0.4, 0.5) is 0 Å². The fourth-order valence-electron chi connectivity index (χ4n) is 2.21. The van der Waals surface area contributed by atoms with E-state index in [-0.39, 0.29) is 22.6 Å². The molecule has 1 aromatic carbocycles. The minimum atomic E-state index is -3.72. The molecule has 1 amide bonds. The van der Waals surface area contributed by atoms with Crippen LogP contribution in [0.2, 0.25) is 0 Å². The molecule has 0 spiro atoms. The van der Waals surface area contributed by atoms with Crippen LogP contribution in [0.3, 0.4) is 0 Å². The van der Waals surface area contributed by atoms with Crippen molar-refractivity contribution >= 4 is 27.7 Å². The Morgan fingerprint density at radius 3 is 2.64 bits per heavy atom. The predicted octanol–water partition coefficient (Wildman–Crippen LogP) is 1.56. The van der Waals surface area contributed by atoms with Crippen molar-refractivity contribution in [3.8, 4) is 0 Å². The maximum absolute atomic E-state index is 12.0. The van der Waals surface area contributed by atoms with Gasteiger partial charge in [-0.15, -0.1) is 10.2 Å². The molecule has 1 atom stereocenters. The van der Waals surface area contributed by atoms with E-state index in [2.05, 4.69) is 15.5 Å². The number of hydrogen-bond donors (Lipinski definition) is 2. The van der Waals surface area contributed by atoms with Crippen LogP contribution >= 0.6 is 11.8 Å². The zero-order chi connectivity index (χ0) is 18.0. The van der Waals surface area contributed by atoms with Crippen molar-refractivity contribution in [2.75, 3.05) is 5.75 Å². The van der Waals surface area contributed by atoms with Gasteiger partial charge >= 0.3 is 0 Å². The number of rotatable bonds is 7. The molecule has 1 aliphatic carbocycles. The molecule has 3 N–H and O–H groups in total. The lowest BCUT2D eigenvalue weighted by Gasteiger charge is -2.14. The second-order valence-corrected chi connectivity index (χ2v) is 8.36. The Kier molecular flexibility index (Phi) is 5.11. The molecule has 0 aliphatic heterocycles. The Morgan fingerprint density at radius 1 is 1.36 bits per heavy atom. The molecule has 3 rings (SSSR count). The first kappa shape index (κ1) is 17.9. The van der Waals surface area contributed by atoms with Crippen LogP contribution in [0.25, 0.3) is 0 Å². The van der Waals surface area contributed by atoms with Gasteiger partial charge < -0.3 is 9.73 Å². The molecule has 0 bridgehead atoms. The van der Waals surface area contributed by atoms with Crippen LogP contribution in [0.5, 0.6) is 0 Å². The standard InChI is InChI=1S/C15H18N4O4S2/c1-9(10-4-6-12(7-5-10)25(16,21)22)17-13(20)8-24-15-19-18-14(23-15)11-2-3-11/h4-7,9,11H,2-3,8H2,1H3,(H,17,20)(H2,16,21,22)/t9-/m0/s1. The molecule has 0 unspecified atom stereocenters. The summed E-state index contributed by atoms with van der Waals surface area (Å²) in [5, 5.41) is 16.2. The summed E-state index contributed by atoms with van der Waals surface area (Å²) in [6.07, 6.45) is 2.16. The Morgan fingerprint density at radius 2 is 2.04 bits per heavy atom. The van der Waals surface area contributed by atoms with Crippen molar-refractivity contribution in [3.05, 3.63) is 35.7 Å². The van der Waals surface area contributed by atoms with Gasteiger partial charge in [-0.25, -0.2) is 13.6 Å². The van der Waals surface area contributed by atoms with Crippen molar-refractivity contribution in [2.24, 2.45) is 5.14 Å². The smallest absolute Gasteiger partial charge is 0.277 e. The summed E-state index contributed by atoms with van der Waals surface area (Å²) in [4.78, 5) is 12.1. The zero-order valence-corrected chi connectivity index (χ0v) is 15.1. The first-order chi connectivity index (χ1) is 11.8. The van der Waals surface area contributed by atoms with Gasteiger partial charge in [0.15, 0.2) is 0 Å². The Labute approximate surface area is 149 Å². The third kappa shape index (κ3) is 4.80. The molecule has 1 heterocycles. The largest absolute Gasteiger partial charge is 0.416 e. The minimum Gasteiger partial charge on any atom is -0.416 e. The van der Waals surface area contributed by atoms with Crippen LogP contribution in [0.15, 0.2) is 38.8 Å². The number of sulfonamides is 1. The SMILES string of the molecule is C[C@H](NC(=O)CSc1nnc(C2CC2)o1)c1ccc(S(N)(=O)=O)cc1. The van der Waals surface area contributed by atoms with E-state index in [1.54, 1.807) is 12.1 Å². The lowest BCUT2D eigenvalue weighted by Crippen LogP contribution is -2.28. The second-order valence-electron chi connectivity index (χ2n) is 5.87. The lowest BCUT2D eigenvalue weighted by atomic mass is 10.1. The highest BCUT2D eigenvalue weighted by atomic mass is 32.2. The summed E-state index contributed by atoms with van der Waals surface area (Å²) in [6.45, 7) is 1.81. The number of hydrogen-bond acceptors (Lipinski definition) is 7. The monoisotopic (exact) mass is 382 g/mol. The normalized spacial score (nSPS) is 15.8. The summed E-state index contributed by atoms with van der Waals surface area (Å²) in [5.41, 5.74) is 0.777. The molecule has 134 valence electrons. The van der Waals surface area contributed by atoms with Crippen LogP contribution in [0.1, 0.15) is 43.2 Å². The number of aromatic nitrogens is 2. The molecule has 1 saturated carbocycles. The summed E-state index contributed by atoms with van der Waals surface area (Å²) in [7, 11) is -3.72. The zero-order valence-electron chi connectivity index (χ0n) is 13.5.